The van der Waals surface area contributed by atoms with Crippen LogP contribution in [0.1, 0.15) is 12.0 Å². The average Bonchev–Trinajstić information content (AvgIpc) is 3.32. The lowest BCUT2D eigenvalue weighted by Crippen LogP contribution is -2.46. The van der Waals surface area contributed by atoms with Crippen molar-refractivity contribution in [1.82, 2.24) is 20.2 Å². The van der Waals surface area contributed by atoms with Crippen molar-refractivity contribution in [3.63, 3.8) is 0 Å². The lowest BCUT2D eigenvalue weighted by Gasteiger charge is -2.22. The molecule has 32 heavy (non-hydrogen) atoms. The van der Waals surface area contributed by atoms with E-state index in [1.54, 1.807) is 36.8 Å². The molecule has 2 N–H and O–H groups in total. The number of carbonyl (C=O) groups is 2. The van der Waals surface area contributed by atoms with Crippen molar-refractivity contribution in [1.29, 1.82) is 0 Å². The highest BCUT2D eigenvalue weighted by molar-refractivity contribution is 6.30. The first-order chi connectivity index (χ1) is 15.5. The molecule has 0 aliphatic carbocycles. The fraction of sp³-hybridized carbons (Fsp3) is 0.261. The van der Waals surface area contributed by atoms with Gasteiger partial charge in [-0.05, 0) is 54.8 Å². The minimum Gasteiger partial charge on any atom is -0.489 e. The molecule has 3 rings (SSSR count). The number of hydrogen-bond donors (Lipinski definition) is 2. The molecule has 0 saturated carbocycles. The molecule has 3 aromatic rings. The maximum Gasteiger partial charge on any atom is 0.329 e. The number of benzene rings is 2. The Morgan fingerprint density at radius 2 is 1.72 bits per heavy atom. The monoisotopic (exact) mass is 455 g/mol. The minimum atomic E-state index is -0.529. The molecule has 1 unspecified atom stereocenters. The Balaban J connectivity index is 1.72. The quantitative estimate of drug-likeness (QED) is 0.535. The summed E-state index contributed by atoms with van der Waals surface area (Å²) in [6.45, 7) is 0.637. The van der Waals surface area contributed by atoms with E-state index >= 15 is 0 Å². The molecule has 1 heterocycles. The van der Waals surface area contributed by atoms with Gasteiger partial charge in [-0.1, -0.05) is 23.7 Å². The van der Waals surface area contributed by atoms with Gasteiger partial charge in [0.2, 0.25) is 0 Å². The third-order valence-corrected chi connectivity index (χ3v) is 5.13. The lowest BCUT2D eigenvalue weighted by atomic mass is 10.1. The minimum absolute atomic E-state index is 0.111. The van der Waals surface area contributed by atoms with Gasteiger partial charge in [0.15, 0.2) is 0 Å². The average molecular weight is 456 g/mol. The number of nitrogens with one attached hydrogen (secondary N) is 2. The van der Waals surface area contributed by atoms with E-state index in [0.29, 0.717) is 23.0 Å². The zero-order chi connectivity index (χ0) is 22.9. The maximum absolute atomic E-state index is 12.1. The van der Waals surface area contributed by atoms with Gasteiger partial charge in [0, 0.05) is 31.5 Å². The van der Waals surface area contributed by atoms with Crippen LogP contribution in [-0.2, 0) is 13.0 Å². The van der Waals surface area contributed by atoms with Gasteiger partial charge in [-0.25, -0.2) is 19.5 Å². The highest BCUT2D eigenvalue weighted by Gasteiger charge is 2.21. The van der Waals surface area contributed by atoms with Crippen molar-refractivity contribution in [3.8, 4) is 5.75 Å². The number of urea groups is 2. The fourth-order valence-corrected chi connectivity index (χ4v) is 3.34. The molecule has 0 spiro atoms. The summed E-state index contributed by atoms with van der Waals surface area (Å²) >= 11 is 5.98. The predicted octanol–water partition coefficient (Wildman–Crippen LogP) is 4.10. The molecule has 0 fully saturated rings. The summed E-state index contributed by atoms with van der Waals surface area (Å²) < 4.78 is 8.22. The van der Waals surface area contributed by atoms with E-state index in [4.69, 9.17) is 16.3 Å². The summed E-state index contributed by atoms with van der Waals surface area (Å²) in [6, 6.07) is 13.6. The smallest absolute Gasteiger partial charge is 0.329 e. The second kappa shape index (κ2) is 11.2. The summed E-state index contributed by atoms with van der Waals surface area (Å²) in [5, 5.41) is 5.64. The Kier molecular flexibility index (Phi) is 8.10. The second-order valence-electron chi connectivity index (χ2n) is 7.10. The fourth-order valence-electron chi connectivity index (χ4n) is 3.21. The van der Waals surface area contributed by atoms with Crippen LogP contribution in [-0.4, -0.2) is 41.8 Å². The van der Waals surface area contributed by atoms with Gasteiger partial charge >= 0.3 is 12.1 Å². The third kappa shape index (κ3) is 6.24. The summed E-state index contributed by atoms with van der Waals surface area (Å²) in [5.74, 6) is 0.642. The third-order valence-electron chi connectivity index (χ3n) is 4.87. The second-order valence-corrected chi connectivity index (χ2v) is 7.54. The molecule has 0 bridgehead atoms. The molecule has 0 saturated heterocycles. The molecular weight excluding hydrogens is 430 g/mol. The van der Waals surface area contributed by atoms with Crippen molar-refractivity contribution in [2.75, 3.05) is 19.0 Å². The Labute approximate surface area is 192 Å². The Bertz CT molecular complexity index is 991. The van der Waals surface area contributed by atoms with Crippen molar-refractivity contribution < 1.29 is 14.3 Å². The van der Waals surface area contributed by atoms with Crippen LogP contribution in [0.15, 0.2) is 67.3 Å². The van der Waals surface area contributed by atoms with Gasteiger partial charge < -0.3 is 19.9 Å². The Morgan fingerprint density at radius 3 is 2.28 bits per heavy atom. The molecular formula is C23H26ClN5O3. The molecule has 9 heteroatoms. The van der Waals surface area contributed by atoms with Crippen molar-refractivity contribution in [2.45, 2.75) is 25.5 Å². The van der Waals surface area contributed by atoms with Crippen LogP contribution in [0, 0.1) is 0 Å². The number of nitrogens with zero attached hydrogens (tertiary/aromatic N) is 3. The molecule has 4 amide bonds. The van der Waals surface area contributed by atoms with Crippen molar-refractivity contribution >= 4 is 29.4 Å². The van der Waals surface area contributed by atoms with E-state index in [-0.39, 0.29) is 6.10 Å². The van der Waals surface area contributed by atoms with Crippen molar-refractivity contribution in [3.05, 3.63) is 77.8 Å². The number of rotatable bonds is 8. The van der Waals surface area contributed by atoms with E-state index in [1.165, 1.54) is 19.7 Å². The van der Waals surface area contributed by atoms with Crippen LogP contribution in [0.25, 0.3) is 0 Å². The lowest BCUT2D eigenvalue weighted by molar-refractivity contribution is 0.170. The molecule has 8 nitrogen and oxygen atoms in total. The number of amides is 4. The first-order valence-electron chi connectivity index (χ1n) is 10.2. The van der Waals surface area contributed by atoms with Crippen LogP contribution in [0.2, 0.25) is 5.02 Å². The predicted molar refractivity (Wildman–Crippen MR) is 124 cm³/mol. The number of hydrogen-bond acceptors (Lipinski definition) is 4. The van der Waals surface area contributed by atoms with Crippen LogP contribution >= 0.6 is 11.6 Å². The molecule has 0 aliphatic heterocycles. The highest BCUT2D eigenvalue weighted by atomic mass is 35.5. The summed E-state index contributed by atoms with van der Waals surface area (Å²) in [7, 11) is 2.94. The van der Waals surface area contributed by atoms with Gasteiger partial charge in [-0.3, -0.25) is 0 Å². The van der Waals surface area contributed by atoms with Gasteiger partial charge in [-0.15, -0.1) is 0 Å². The van der Waals surface area contributed by atoms with Crippen LogP contribution in [0.5, 0.6) is 5.75 Å². The highest BCUT2D eigenvalue weighted by Crippen LogP contribution is 2.22. The standard InChI is InChI=1S/C23H26ClN5O3/c1-25-22(30)29(23(31)26-2)19-8-11-20(12-9-19)32-21(15-28-14-13-27-16-28)10-5-17-3-6-18(24)7-4-17/h3-4,6-9,11-14,16,21H,5,10,15H2,1-2H3,(H,25,30)(H,26,31). The van der Waals surface area contributed by atoms with Gasteiger partial charge in [0.1, 0.15) is 11.9 Å². The first kappa shape index (κ1) is 23.1. The number of halogens is 1. The normalized spacial score (nSPS) is 11.5. The number of aromatic nitrogens is 2. The number of imidazole rings is 1. The summed E-state index contributed by atoms with van der Waals surface area (Å²) in [4.78, 5) is 29.3. The zero-order valence-corrected chi connectivity index (χ0v) is 18.7. The van der Waals surface area contributed by atoms with Gasteiger partial charge in [0.05, 0.1) is 18.6 Å². The molecule has 168 valence electrons. The number of anilines is 1. The Hall–Kier alpha value is -3.52. The van der Waals surface area contributed by atoms with Gasteiger partial charge in [-0.2, -0.15) is 0 Å². The van der Waals surface area contributed by atoms with Gasteiger partial charge in [0.25, 0.3) is 0 Å². The number of imide groups is 1. The SMILES string of the molecule is CNC(=O)N(C(=O)NC)c1ccc(OC(CCc2ccc(Cl)cc2)Cn2ccnc2)cc1. The molecule has 1 atom stereocenters. The van der Waals surface area contributed by atoms with E-state index < -0.39 is 12.1 Å². The molecule has 0 aliphatic rings. The largest absolute Gasteiger partial charge is 0.489 e. The van der Waals surface area contributed by atoms with Crippen LogP contribution in [0.4, 0.5) is 15.3 Å². The van der Waals surface area contributed by atoms with E-state index in [9.17, 15) is 9.59 Å². The summed E-state index contributed by atoms with van der Waals surface area (Å²) in [6.07, 6.45) is 6.88. The van der Waals surface area contributed by atoms with Crippen LogP contribution in [0.3, 0.4) is 0 Å². The molecule has 0 radical (unpaired) electrons. The van der Waals surface area contributed by atoms with E-state index in [1.807, 2.05) is 35.0 Å². The Morgan fingerprint density at radius 1 is 1.06 bits per heavy atom. The zero-order valence-electron chi connectivity index (χ0n) is 18.0. The van der Waals surface area contributed by atoms with Crippen LogP contribution < -0.4 is 20.3 Å². The number of carbonyl (C=O) groups excluding carboxylic acids is 2. The number of ether oxygens (including phenoxy) is 1. The first-order valence-corrected chi connectivity index (χ1v) is 10.6. The topological polar surface area (TPSA) is 88.5 Å². The maximum atomic E-state index is 12.1. The molecule has 1 aromatic heterocycles. The van der Waals surface area contributed by atoms with E-state index in [2.05, 4.69) is 15.6 Å². The van der Waals surface area contributed by atoms with E-state index in [0.717, 1.165) is 17.7 Å². The number of aryl methyl sites for hydroxylation is 1. The summed E-state index contributed by atoms with van der Waals surface area (Å²) in [5.41, 5.74) is 1.61. The molecule has 2 aromatic carbocycles. The van der Waals surface area contributed by atoms with Crippen molar-refractivity contribution in [2.24, 2.45) is 0 Å².